The quantitative estimate of drug-likeness (QED) is 0.0477. The number of carbonyl (C=O) groups excluding carboxylic acids is 7. The second kappa shape index (κ2) is 26.7. The van der Waals surface area contributed by atoms with Crippen molar-refractivity contribution in [2.45, 2.75) is 132 Å². The lowest BCUT2D eigenvalue weighted by atomic mass is 9.72. The topological polar surface area (TPSA) is 403 Å². The Morgan fingerprint density at radius 1 is 0.624 bits per heavy atom. The first-order valence-electron chi connectivity index (χ1n) is 26.3. The zero-order chi connectivity index (χ0) is 61.1. The molecule has 6 aliphatic rings. The fourth-order valence-corrected chi connectivity index (χ4v) is 12.1. The highest BCUT2D eigenvalue weighted by Crippen LogP contribution is 2.55. The number of Topliss-reactive ketones (excluding diaryl/α,β-unsaturated/α-hetero) is 3. The molecule has 0 bridgehead atoms. The van der Waals surface area contributed by atoms with E-state index in [0.717, 1.165) is 0 Å². The van der Waals surface area contributed by atoms with E-state index in [1.807, 2.05) is 4.93 Å². The Morgan fingerprint density at radius 2 is 1.00 bits per heavy atom. The minimum Gasteiger partial charge on any atom is -0.507 e. The van der Waals surface area contributed by atoms with Gasteiger partial charge in [-0.1, -0.05) is 46.9 Å². The number of carbonyl (C=O) groups is 7. The van der Waals surface area contributed by atoms with Gasteiger partial charge in [-0.3, -0.25) is 28.8 Å². The van der Waals surface area contributed by atoms with Gasteiger partial charge in [0.1, 0.15) is 64.7 Å². The highest BCUT2D eigenvalue weighted by Gasteiger charge is 2.53. The molecule has 85 heavy (non-hydrogen) atoms. The lowest BCUT2D eigenvalue weighted by molar-refractivity contribution is -0.257. The lowest BCUT2D eigenvalue weighted by Crippen LogP contribution is -2.53. The third kappa shape index (κ3) is 12.1. The maximum absolute atomic E-state index is 13.7. The summed E-state index contributed by atoms with van der Waals surface area (Å²) in [6.45, 7) is 2.49. The van der Waals surface area contributed by atoms with Gasteiger partial charge < -0.3 is 90.0 Å². The van der Waals surface area contributed by atoms with Crippen LogP contribution in [0.25, 0.3) is 0 Å². The first-order valence-corrected chi connectivity index (χ1v) is 28.5. The van der Waals surface area contributed by atoms with Crippen LogP contribution < -0.4 is 15.2 Å². The maximum Gasteiger partial charge on any atom is 0.202 e. The molecule has 12 N–H and O–H groups in total. The summed E-state index contributed by atoms with van der Waals surface area (Å²) in [7, 11) is 2.64. The van der Waals surface area contributed by atoms with Crippen molar-refractivity contribution in [1.82, 2.24) is 0 Å². The number of halogens is 2. The Kier molecular flexibility index (Phi) is 21.5. The molecule has 0 amide bonds. The van der Waals surface area contributed by atoms with E-state index in [4.69, 9.17) is 34.2 Å². The molecular formula is C58H67ClINO23S. The predicted octanol–water partition coefficient (Wildman–Crippen LogP) is 2.86. The molecule has 0 spiro atoms. The number of hydrogen-bond acceptors (Lipinski definition) is 24. The standard InChI is InChI=1S/C30H32O12.C27H29NO11.CH3I.ClH.H2S/c1-12(32)7-14-8-20(41-13(2)25(14)34)42-18-10-30(39,19(33)11-31)9-16-22(18)29(38)24-23(27(16)36)26(35)15-5-4-6-17(40-3)21(15)28(24)37;1-10-22(31)13(28)6-17(38-10)39-15-8-27(36,16(30)9-29)7-12-19(15)26(35)21-20(24(12)33)23(32)11-4-3-5-14(37-2)18(11)25(21)34;1-2;;/h4-6,13-14,18,20,25,31,34,36,38-39H,7-11H2,1-3H3;3-5,10,13,15,17,22,29,31,33,35-36H,6-9,28H2,1-2H3;1H3;1H;1H2/t13-,14+,18-,20-,25+,30-;10-,13+,15-,17-,22+,27-;;;/m00.../s1. The smallest absolute Gasteiger partial charge is 0.202 e. The van der Waals surface area contributed by atoms with Crippen molar-refractivity contribution in [2.24, 2.45) is 11.7 Å². The third-order valence-corrected chi connectivity index (χ3v) is 16.2. The number of fused-ring (bicyclic) bond motifs is 6. The SMILES string of the molecule is CI.COc1cccc2c1C(=O)c1c(O)c3c(c(O)c1C2=O)C[C@@](O)(C(=O)CO)C[C@@H]3O[C@H]1C[C@@H](CC(C)=O)[C@H](O)[C@H](C)O1.COc1cccc2c1C(=O)c1c(O)c3c(c(O)c1C2=O)C[C@@](O)(C(=O)CO)C[C@@H]3O[C@H]1C[C@@H](N)[C@H](O)[C@H](C)O1.Cl.S. The molecule has 2 aliphatic heterocycles. The van der Waals surface area contributed by atoms with Gasteiger partial charge >= 0.3 is 0 Å². The van der Waals surface area contributed by atoms with E-state index in [9.17, 15) is 84.6 Å². The van der Waals surface area contributed by atoms with Gasteiger partial charge in [0.05, 0.1) is 84.2 Å². The number of phenols is 4. The van der Waals surface area contributed by atoms with Crippen LogP contribution >= 0.6 is 48.5 Å². The van der Waals surface area contributed by atoms with Crippen LogP contribution in [0.5, 0.6) is 34.5 Å². The molecule has 0 unspecified atom stereocenters. The Balaban J connectivity index is 0.000000259. The van der Waals surface area contributed by atoms with E-state index in [-0.39, 0.29) is 107 Å². The normalized spacial score (nSPS) is 27.8. The summed E-state index contributed by atoms with van der Waals surface area (Å²) in [5.74, 6) is -8.34. The molecule has 2 fully saturated rings. The fraction of sp³-hybridized carbons (Fsp3) is 0.466. The summed E-state index contributed by atoms with van der Waals surface area (Å²) in [4.78, 5) is 93.5. The van der Waals surface area contributed by atoms with E-state index >= 15 is 0 Å². The molecule has 24 nitrogen and oxygen atoms in total. The molecule has 4 aliphatic carbocycles. The van der Waals surface area contributed by atoms with Crippen molar-refractivity contribution >= 4 is 89.0 Å². The van der Waals surface area contributed by atoms with Crippen LogP contribution in [0.4, 0.5) is 0 Å². The van der Waals surface area contributed by atoms with Crippen LogP contribution in [0.1, 0.15) is 151 Å². The van der Waals surface area contributed by atoms with Crippen molar-refractivity contribution in [3.8, 4) is 34.5 Å². The number of nitrogens with two attached hydrogens (primary N) is 1. The van der Waals surface area contributed by atoms with E-state index in [2.05, 4.69) is 22.6 Å². The number of rotatable bonds is 12. The number of alkyl halides is 1. The minimum atomic E-state index is -2.27. The van der Waals surface area contributed by atoms with Crippen LogP contribution in [0.3, 0.4) is 0 Å². The van der Waals surface area contributed by atoms with Gasteiger partial charge in [-0.25, -0.2) is 0 Å². The summed E-state index contributed by atoms with van der Waals surface area (Å²) in [6, 6.07) is 7.98. The molecule has 0 saturated carbocycles. The first-order chi connectivity index (χ1) is 39.2. The molecule has 2 heterocycles. The molecule has 2 saturated heterocycles. The molecule has 12 atom stereocenters. The second-order valence-electron chi connectivity index (χ2n) is 21.3. The number of aromatic hydroxyl groups is 4. The number of aliphatic hydroxyl groups is 6. The summed E-state index contributed by atoms with van der Waals surface area (Å²) >= 11 is 2.15. The predicted molar refractivity (Wildman–Crippen MR) is 312 cm³/mol. The molecule has 0 aromatic heterocycles. The highest BCUT2D eigenvalue weighted by atomic mass is 127. The minimum absolute atomic E-state index is 0. The van der Waals surface area contributed by atoms with Gasteiger partial charge in [0, 0.05) is 84.4 Å². The molecule has 10 rings (SSSR count). The number of benzene rings is 4. The van der Waals surface area contributed by atoms with Crippen molar-refractivity contribution in [3.63, 3.8) is 0 Å². The average molecular weight is 1340 g/mol. The van der Waals surface area contributed by atoms with E-state index in [1.54, 1.807) is 13.8 Å². The Labute approximate surface area is 513 Å². The summed E-state index contributed by atoms with van der Waals surface area (Å²) in [6.07, 6.45) is -10.3. The molecule has 4 aromatic rings. The maximum atomic E-state index is 13.7. The van der Waals surface area contributed by atoms with E-state index in [1.165, 1.54) is 57.5 Å². The van der Waals surface area contributed by atoms with Gasteiger partial charge in [-0.05, 0) is 43.8 Å². The monoisotopic (exact) mass is 1340 g/mol. The summed E-state index contributed by atoms with van der Waals surface area (Å²) in [5.41, 5.74) is -1.38. The zero-order valence-corrected chi connectivity index (χ0v) is 50.7. The molecular weight excluding hydrogens is 1270 g/mol. The Hall–Kier alpha value is -5.70. The van der Waals surface area contributed by atoms with Crippen LogP contribution in [-0.2, 0) is 46.2 Å². The van der Waals surface area contributed by atoms with Crippen LogP contribution in [0.15, 0.2) is 36.4 Å². The summed E-state index contributed by atoms with van der Waals surface area (Å²) in [5, 5.41) is 108. The Bertz CT molecular complexity index is 3330. The van der Waals surface area contributed by atoms with Crippen molar-refractivity contribution in [3.05, 3.63) is 103 Å². The van der Waals surface area contributed by atoms with Gasteiger partial charge in [-0.2, -0.15) is 13.5 Å². The van der Waals surface area contributed by atoms with Crippen LogP contribution in [0, 0.1) is 5.92 Å². The van der Waals surface area contributed by atoms with Gasteiger partial charge in [0.2, 0.25) is 11.6 Å². The first kappa shape index (κ1) is 68.4. The van der Waals surface area contributed by atoms with E-state index < -0.39 is 191 Å². The number of ether oxygens (including phenoxy) is 6. The number of phenolic OH excluding ortho intramolecular Hbond substituents is 4. The highest BCUT2D eigenvalue weighted by molar-refractivity contribution is 14.1. The zero-order valence-electron chi connectivity index (χ0n) is 46.7. The molecule has 0 radical (unpaired) electrons. The second-order valence-corrected chi connectivity index (χ2v) is 21.3. The number of ketones is 7. The van der Waals surface area contributed by atoms with E-state index in [0.29, 0.717) is 0 Å². The fourth-order valence-electron chi connectivity index (χ4n) is 12.1. The number of hydrogen-bond donors (Lipinski definition) is 11. The molecule has 4 aromatic carbocycles. The van der Waals surface area contributed by atoms with Crippen molar-refractivity contribution in [1.29, 1.82) is 0 Å². The number of methoxy groups -OCH3 is 2. The van der Waals surface area contributed by atoms with Gasteiger partial charge in [-0.15, -0.1) is 12.4 Å². The lowest BCUT2D eigenvalue weighted by Gasteiger charge is -2.42. The van der Waals surface area contributed by atoms with Crippen LogP contribution in [0.2, 0.25) is 0 Å². The Morgan fingerprint density at radius 3 is 1.36 bits per heavy atom. The van der Waals surface area contributed by atoms with Gasteiger partial charge in [0.25, 0.3) is 0 Å². The van der Waals surface area contributed by atoms with Crippen molar-refractivity contribution < 1.29 is 113 Å². The summed E-state index contributed by atoms with van der Waals surface area (Å²) < 4.78 is 34.2. The largest absolute Gasteiger partial charge is 0.507 e. The van der Waals surface area contributed by atoms with Gasteiger partial charge in [0.15, 0.2) is 35.7 Å². The molecule has 27 heteroatoms. The third-order valence-electron chi connectivity index (χ3n) is 16.2. The van der Waals surface area contributed by atoms with Crippen molar-refractivity contribution in [2.75, 3.05) is 32.4 Å². The average Bonchev–Trinajstić information content (AvgIpc) is 0.778. The number of aliphatic hydroxyl groups excluding tert-OH is 4. The van der Waals surface area contributed by atoms with Crippen LogP contribution in [-0.4, -0.2) is 178 Å². The molecule has 462 valence electrons.